The second-order valence-corrected chi connectivity index (χ2v) is 7.72. The summed E-state index contributed by atoms with van der Waals surface area (Å²) < 4.78 is 5.87. The van der Waals surface area contributed by atoms with E-state index in [1.807, 2.05) is 0 Å². The molecule has 112 valence electrons. The Labute approximate surface area is 119 Å². The molecule has 1 saturated carbocycles. The molecule has 1 N–H and O–H groups in total. The van der Waals surface area contributed by atoms with E-state index in [4.69, 9.17) is 4.74 Å². The van der Waals surface area contributed by atoms with Gasteiger partial charge in [-0.15, -0.1) is 0 Å². The van der Waals surface area contributed by atoms with Crippen molar-refractivity contribution in [2.24, 2.45) is 5.41 Å². The van der Waals surface area contributed by atoms with Crippen molar-refractivity contribution in [3.63, 3.8) is 0 Å². The predicted molar refractivity (Wildman–Crippen MR) is 80.5 cm³/mol. The Bertz CT molecular complexity index is 301. The predicted octanol–water partition coefficient (Wildman–Crippen LogP) is 2.65. The van der Waals surface area contributed by atoms with E-state index < -0.39 is 0 Å². The van der Waals surface area contributed by atoms with Crippen molar-refractivity contribution in [1.29, 1.82) is 0 Å². The number of hydrogen-bond donors (Lipinski definition) is 1. The van der Waals surface area contributed by atoms with E-state index in [0.717, 1.165) is 26.2 Å². The molecule has 19 heavy (non-hydrogen) atoms. The molecule has 0 bridgehead atoms. The van der Waals surface area contributed by atoms with Gasteiger partial charge in [-0.2, -0.15) is 0 Å². The molecule has 2 atom stereocenters. The Morgan fingerprint density at radius 2 is 2.00 bits per heavy atom. The van der Waals surface area contributed by atoms with Crippen molar-refractivity contribution in [2.45, 2.75) is 71.6 Å². The van der Waals surface area contributed by atoms with Gasteiger partial charge < -0.3 is 10.1 Å². The maximum atomic E-state index is 5.87. The van der Waals surface area contributed by atoms with Crippen LogP contribution in [0.5, 0.6) is 0 Å². The lowest BCUT2D eigenvalue weighted by Gasteiger charge is -2.50. The first-order chi connectivity index (χ1) is 8.83. The molecule has 1 aliphatic heterocycles. The summed E-state index contributed by atoms with van der Waals surface area (Å²) in [6, 6.07) is 1.33. The minimum absolute atomic E-state index is 0.0105. The molecule has 3 nitrogen and oxygen atoms in total. The molecule has 0 amide bonds. The Hall–Kier alpha value is -0.120. The van der Waals surface area contributed by atoms with Crippen molar-refractivity contribution in [1.82, 2.24) is 10.2 Å². The molecular formula is C16H32N2O. The zero-order chi connectivity index (χ0) is 14.1. The molecule has 0 aromatic heterocycles. The number of likely N-dealkylation sites (N-methyl/N-ethyl adjacent to an activating group) is 1. The number of nitrogens with one attached hydrogen (secondary N) is 1. The van der Waals surface area contributed by atoms with Crippen LogP contribution in [0.2, 0.25) is 0 Å². The lowest BCUT2D eigenvalue weighted by atomic mass is 9.72. The lowest BCUT2D eigenvalue weighted by molar-refractivity contribution is -0.109. The van der Waals surface area contributed by atoms with Crippen LogP contribution in [0.4, 0.5) is 0 Å². The van der Waals surface area contributed by atoms with Gasteiger partial charge in [-0.3, -0.25) is 4.90 Å². The Morgan fingerprint density at radius 3 is 2.63 bits per heavy atom. The topological polar surface area (TPSA) is 24.5 Å². The fourth-order valence-electron chi connectivity index (χ4n) is 3.77. The first kappa shape index (κ1) is 15.3. The van der Waals surface area contributed by atoms with Crippen LogP contribution in [0.3, 0.4) is 0 Å². The molecule has 1 saturated heterocycles. The van der Waals surface area contributed by atoms with Crippen LogP contribution < -0.4 is 5.32 Å². The van der Waals surface area contributed by atoms with Crippen LogP contribution >= 0.6 is 0 Å². The highest BCUT2D eigenvalue weighted by Gasteiger charge is 2.40. The van der Waals surface area contributed by atoms with E-state index in [2.05, 4.69) is 44.8 Å². The van der Waals surface area contributed by atoms with Gasteiger partial charge in [-0.25, -0.2) is 0 Å². The van der Waals surface area contributed by atoms with E-state index in [9.17, 15) is 0 Å². The smallest absolute Gasteiger partial charge is 0.0753 e. The maximum Gasteiger partial charge on any atom is 0.0753 e. The number of rotatable bonds is 3. The van der Waals surface area contributed by atoms with Crippen LogP contribution in [0.1, 0.15) is 53.9 Å². The van der Waals surface area contributed by atoms with Crippen molar-refractivity contribution < 1.29 is 4.74 Å². The summed E-state index contributed by atoms with van der Waals surface area (Å²) in [5, 5.41) is 3.71. The summed E-state index contributed by atoms with van der Waals surface area (Å²) in [4.78, 5) is 2.68. The molecule has 1 aliphatic carbocycles. The van der Waals surface area contributed by atoms with Crippen LogP contribution in [0.25, 0.3) is 0 Å². The van der Waals surface area contributed by atoms with E-state index in [1.165, 1.54) is 19.3 Å². The summed E-state index contributed by atoms with van der Waals surface area (Å²) in [5.74, 6) is 0. The fourth-order valence-corrected chi connectivity index (χ4v) is 3.77. The van der Waals surface area contributed by atoms with Crippen molar-refractivity contribution >= 4 is 0 Å². The minimum atomic E-state index is 0.0105. The monoisotopic (exact) mass is 268 g/mol. The van der Waals surface area contributed by atoms with Crippen LogP contribution in [0, 0.1) is 5.41 Å². The van der Waals surface area contributed by atoms with Gasteiger partial charge in [0, 0.05) is 25.2 Å². The first-order valence-electron chi connectivity index (χ1n) is 7.94. The molecule has 2 aliphatic rings. The minimum Gasteiger partial charge on any atom is -0.373 e. The van der Waals surface area contributed by atoms with Gasteiger partial charge in [0.1, 0.15) is 0 Å². The Morgan fingerprint density at radius 1 is 1.26 bits per heavy atom. The highest BCUT2D eigenvalue weighted by molar-refractivity contribution is 4.96. The molecule has 2 unspecified atom stereocenters. The Balaban J connectivity index is 2.08. The molecule has 0 radical (unpaired) electrons. The third-order valence-corrected chi connectivity index (χ3v) is 4.75. The number of ether oxygens (including phenoxy) is 1. The normalized spacial score (nSPS) is 35.2. The maximum absolute atomic E-state index is 5.87. The molecule has 2 rings (SSSR count). The molecule has 3 heteroatoms. The average Bonchev–Trinajstić information content (AvgIpc) is 2.30. The van der Waals surface area contributed by atoms with Gasteiger partial charge >= 0.3 is 0 Å². The van der Waals surface area contributed by atoms with Gasteiger partial charge in [0.05, 0.1) is 12.2 Å². The van der Waals surface area contributed by atoms with Gasteiger partial charge in [-0.1, -0.05) is 20.8 Å². The van der Waals surface area contributed by atoms with E-state index in [-0.39, 0.29) is 5.60 Å². The molecule has 0 aromatic rings. The molecular weight excluding hydrogens is 236 g/mol. The number of nitrogens with zero attached hydrogens (tertiary/aromatic N) is 1. The highest BCUT2D eigenvalue weighted by atomic mass is 16.5. The zero-order valence-electron chi connectivity index (χ0n) is 13.5. The molecule has 1 heterocycles. The summed E-state index contributed by atoms with van der Waals surface area (Å²) in [6.07, 6.45) is 3.96. The van der Waals surface area contributed by atoms with Gasteiger partial charge in [0.2, 0.25) is 0 Å². The molecule has 0 aromatic carbocycles. The van der Waals surface area contributed by atoms with E-state index in [1.54, 1.807) is 0 Å². The zero-order valence-corrected chi connectivity index (χ0v) is 13.5. The fraction of sp³-hybridized carbons (Fsp3) is 1.00. The first-order valence-corrected chi connectivity index (χ1v) is 7.94. The van der Waals surface area contributed by atoms with Gasteiger partial charge in [0.15, 0.2) is 0 Å². The lowest BCUT2D eigenvalue weighted by Crippen LogP contribution is -2.60. The number of hydrogen-bond acceptors (Lipinski definition) is 3. The second kappa shape index (κ2) is 5.71. The molecule has 2 fully saturated rings. The quantitative estimate of drug-likeness (QED) is 0.851. The van der Waals surface area contributed by atoms with Crippen LogP contribution in [-0.4, -0.2) is 48.8 Å². The summed E-state index contributed by atoms with van der Waals surface area (Å²) in [5.41, 5.74) is 0.496. The second-order valence-electron chi connectivity index (χ2n) is 7.72. The standard InChI is InChI=1S/C16H32N2O/c1-6-17-13-7-8-15(2,3)11-14(13)18-9-10-19-16(4,5)12-18/h13-14,17H,6-12H2,1-5H3. The molecule has 0 spiro atoms. The van der Waals surface area contributed by atoms with Gasteiger partial charge in [-0.05, 0) is 45.1 Å². The van der Waals surface area contributed by atoms with Gasteiger partial charge in [0.25, 0.3) is 0 Å². The van der Waals surface area contributed by atoms with Crippen molar-refractivity contribution in [2.75, 3.05) is 26.2 Å². The SMILES string of the molecule is CCNC1CCC(C)(C)CC1N1CCOC(C)(C)C1. The third-order valence-electron chi connectivity index (χ3n) is 4.75. The largest absolute Gasteiger partial charge is 0.373 e. The summed E-state index contributed by atoms with van der Waals surface area (Å²) in [6.45, 7) is 15.6. The average molecular weight is 268 g/mol. The van der Waals surface area contributed by atoms with E-state index >= 15 is 0 Å². The third kappa shape index (κ3) is 3.93. The highest BCUT2D eigenvalue weighted by Crippen LogP contribution is 2.38. The Kier molecular flexibility index (Phi) is 4.59. The van der Waals surface area contributed by atoms with Crippen LogP contribution in [-0.2, 0) is 4.74 Å². The summed E-state index contributed by atoms with van der Waals surface area (Å²) >= 11 is 0. The number of morpholine rings is 1. The summed E-state index contributed by atoms with van der Waals surface area (Å²) in [7, 11) is 0. The van der Waals surface area contributed by atoms with Crippen molar-refractivity contribution in [3.8, 4) is 0 Å². The van der Waals surface area contributed by atoms with Crippen molar-refractivity contribution in [3.05, 3.63) is 0 Å². The van der Waals surface area contributed by atoms with E-state index in [0.29, 0.717) is 17.5 Å². The van der Waals surface area contributed by atoms with Crippen LogP contribution in [0.15, 0.2) is 0 Å².